The summed E-state index contributed by atoms with van der Waals surface area (Å²) < 4.78 is 0. The Morgan fingerprint density at radius 1 is 0.885 bits per heavy atom. The minimum Gasteiger partial charge on any atom is -0.374 e. The number of nitrogens with one attached hydrogen (secondary N) is 1. The van der Waals surface area contributed by atoms with E-state index in [2.05, 4.69) is 97.1 Å². The van der Waals surface area contributed by atoms with E-state index in [9.17, 15) is 0 Å². The maximum absolute atomic E-state index is 3.87. The van der Waals surface area contributed by atoms with Crippen LogP contribution in [0.15, 0.2) is 77.7 Å². The van der Waals surface area contributed by atoms with Gasteiger partial charge < -0.3 is 10.2 Å². The minimum absolute atomic E-state index is 0.167. The van der Waals surface area contributed by atoms with Crippen molar-refractivity contribution in [3.05, 3.63) is 95.1 Å². The fourth-order valence-electron chi connectivity index (χ4n) is 3.57. The molecule has 1 N–H and O–H groups in total. The van der Waals surface area contributed by atoms with Crippen LogP contribution in [-0.4, -0.2) is 19.0 Å². The molecule has 0 aromatic heterocycles. The lowest BCUT2D eigenvalue weighted by molar-refractivity contribution is 0.403. The Hall–Kier alpha value is -2.23. The number of fused-ring (bicyclic) bond motifs is 2. The van der Waals surface area contributed by atoms with E-state index in [1.165, 1.54) is 32.8 Å². The molecule has 1 atom stereocenters. The topological polar surface area (TPSA) is 15.3 Å². The van der Waals surface area contributed by atoms with Gasteiger partial charge >= 0.3 is 0 Å². The van der Waals surface area contributed by atoms with E-state index < -0.39 is 0 Å². The van der Waals surface area contributed by atoms with E-state index in [0.29, 0.717) is 0 Å². The SMILES string of the molecule is CN(C)Cc1ccccc1N[C@@H]1c2ccccc2CSc2ccccc21. The molecular formula is C23H24N2S. The van der Waals surface area contributed by atoms with Gasteiger partial charge in [0.1, 0.15) is 0 Å². The van der Waals surface area contributed by atoms with Gasteiger partial charge in [-0.25, -0.2) is 0 Å². The summed E-state index contributed by atoms with van der Waals surface area (Å²) in [5.41, 5.74) is 6.69. The van der Waals surface area contributed by atoms with E-state index >= 15 is 0 Å². The van der Waals surface area contributed by atoms with Crippen LogP contribution in [0.4, 0.5) is 5.69 Å². The molecule has 132 valence electrons. The highest BCUT2D eigenvalue weighted by Gasteiger charge is 2.24. The third-order valence-electron chi connectivity index (χ3n) is 4.78. The Morgan fingerprint density at radius 2 is 1.58 bits per heavy atom. The van der Waals surface area contributed by atoms with Crippen LogP contribution in [0.25, 0.3) is 0 Å². The van der Waals surface area contributed by atoms with Crippen molar-refractivity contribution in [3.63, 3.8) is 0 Å². The number of thioether (sulfide) groups is 1. The largest absolute Gasteiger partial charge is 0.374 e. The van der Waals surface area contributed by atoms with Gasteiger partial charge in [-0.1, -0.05) is 60.7 Å². The van der Waals surface area contributed by atoms with E-state index in [1.54, 1.807) is 0 Å². The number of benzene rings is 3. The maximum Gasteiger partial charge on any atom is 0.0781 e. The van der Waals surface area contributed by atoms with E-state index in [-0.39, 0.29) is 6.04 Å². The molecule has 4 rings (SSSR count). The van der Waals surface area contributed by atoms with Crippen molar-refractivity contribution in [3.8, 4) is 0 Å². The van der Waals surface area contributed by atoms with Crippen LogP contribution in [-0.2, 0) is 12.3 Å². The Morgan fingerprint density at radius 3 is 2.42 bits per heavy atom. The van der Waals surface area contributed by atoms with Crippen molar-refractivity contribution < 1.29 is 0 Å². The van der Waals surface area contributed by atoms with Crippen molar-refractivity contribution >= 4 is 17.4 Å². The van der Waals surface area contributed by atoms with Crippen LogP contribution in [0.5, 0.6) is 0 Å². The molecule has 0 saturated carbocycles. The standard InChI is InChI=1S/C23H24N2S/c1-25(2)15-17-9-4-7-13-21(17)24-23-19-11-5-3-10-18(19)16-26-22-14-8-6-12-20(22)23/h3-14,23-24H,15-16H2,1-2H3/t23-/m1/s1. The molecule has 0 saturated heterocycles. The molecule has 1 aliphatic heterocycles. The molecule has 0 radical (unpaired) electrons. The van der Waals surface area contributed by atoms with Gasteiger partial charge in [-0.3, -0.25) is 0 Å². The van der Waals surface area contributed by atoms with Crippen LogP contribution < -0.4 is 5.32 Å². The van der Waals surface area contributed by atoms with Gasteiger partial charge in [-0.15, -0.1) is 11.8 Å². The summed E-state index contributed by atoms with van der Waals surface area (Å²) in [6.07, 6.45) is 0. The highest BCUT2D eigenvalue weighted by molar-refractivity contribution is 7.98. The maximum atomic E-state index is 3.87. The molecular weight excluding hydrogens is 336 g/mol. The smallest absolute Gasteiger partial charge is 0.0781 e. The van der Waals surface area contributed by atoms with Gasteiger partial charge in [0.25, 0.3) is 0 Å². The first-order valence-electron chi connectivity index (χ1n) is 9.01. The summed E-state index contributed by atoms with van der Waals surface area (Å²) in [5, 5.41) is 3.87. The first-order chi connectivity index (χ1) is 12.7. The van der Waals surface area contributed by atoms with Crippen LogP contribution >= 0.6 is 11.8 Å². The average Bonchev–Trinajstić information content (AvgIpc) is 2.81. The quantitative estimate of drug-likeness (QED) is 0.656. The molecule has 3 heteroatoms. The molecule has 0 amide bonds. The number of anilines is 1. The average molecular weight is 361 g/mol. The number of para-hydroxylation sites is 1. The summed E-state index contributed by atoms with van der Waals surface area (Å²) in [5.74, 6) is 1.02. The lowest BCUT2D eigenvalue weighted by Crippen LogP contribution is -2.17. The van der Waals surface area contributed by atoms with Crippen molar-refractivity contribution in [2.45, 2.75) is 23.2 Å². The van der Waals surface area contributed by atoms with E-state index in [0.717, 1.165) is 12.3 Å². The third kappa shape index (κ3) is 3.50. The van der Waals surface area contributed by atoms with Crippen LogP contribution in [0, 0.1) is 0 Å². The van der Waals surface area contributed by atoms with Crippen molar-refractivity contribution in [2.75, 3.05) is 19.4 Å². The summed E-state index contributed by atoms with van der Waals surface area (Å²) in [4.78, 5) is 3.58. The molecule has 1 heterocycles. The van der Waals surface area contributed by atoms with Crippen molar-refractivity contribution in [2.24, 2.45) is 0 Å². The van der Waals surface area contributed by atoms with E-state index in [4.69, 9.17) is 0 Å². The summed E-state index contributed by atoms with van der Waals surface area (Å²) in [6.45, 7) is 0.925. The molecule has 26 heavy (non-hydrogen) atoms. The molecule has 0 aliphatic carbocycles. The summed E-state index contributed by atoms with van der Waals surface area (Å²) in [6, 6.07) is 26.4. The molecule has 0 spiro atoms. The predicted molar refractivity (Wildman–Crippen MR) is 112 cm³/mol. The predicted octanol–water partition coefficient (Wildman–Crippen LogP) is 5.56. The summed E-state index contributed by atoms with van der Waals surface area (Å²) in [7, 11) is 4.23. The Kier molecular flexibility index (Phi) is 5.00. The molecule has 0 fully saturated rings. The zero-order valence-electron chi connectivity index (χ0n) is 15.3. The second-order valence-corrected chi connectivity index (χ2v) is 8.01. The first-order valence-corrected chi connectivity index (χ1v) is 9.99. The summed E-state index contributed by atoms with van der Waals surface area (Å²) >= 11 is 1.93. The lowest BCUT2D eigenvalue weighted by atomic mass is 9.94. The van der Waals surface area contributed by atoms with Gasteiger partial charge in [0, 0.05) is 22.9 Å². The second kappa shape index (κ2) is 7.56. The highest BCUT2D eigenvalue weighted by Crippen LogP contribution is 2.41. The van der Waals surface area contributed by atoms with Gasteiger partial charge in [0.05, 0.1) is 6.04 Å². The fourth-order valence-corrected chi connectivity index (χ4v) is 4.67. The molecule has 0 unspecified atom stereocenters. The van der Waals surface area contributed by atoms with Crippen LogP contribution in [0.1, 0.15) is 28.3 Å². The van der Waals surface area contributed by atoms with Crippen LogP contribution in [0.2, 0.25) is 0 Å². The molecule has 0 bridgehead atoms. The zero-order valence-corrected chi connectivity index (χ0v) is 16.1. The zero-order chi connectivity index (χ0) is 17.9. The number of hydrogen-bond acceptors (Lipinski definition) is 3. The van der Waals surface area contributed by atoms with Gasteiger partial charge in [0.2, 0.25) is 0 Å². The Labute approximate surface area is 160 Å². The number of hydrogen-bond donors (Lipinski definition) is 1. The monoisotopic (exact) mass is 360 g/mol. The first kappa shape index (κ1) is 17.2. The number of nitrogens with zero attached hydrogens (tertiary/aromatic N) is 1. The molecule has 3 aromatic carbocycles. The fraction of sp³-hybridized carbons (Fsp3) is 0.217. The number of rotatable bonds is 4. The molecule has 1 aliphatic rings. The second-order valence-electron chi connectivity index (χ2n) is 7.00. The van der Waals surface area contributed by atoms with E-state index in [1.807, 2.05) is 11.8 Å². The normalized spacial score (nSPS) is 15.9. The Bertz CT molecular complexity index is 856. The van der Waals surface area contributed by atoms with Crippen molar-refractivity contribution in [1.82, 2.24) is 4.90 Å². The van der Waals surface area contributed by atoms with Crippen LogP contribution in [0.3, 0.4) is 0 Å². The van der Waals surface area contributed by atoms with Gasteiger partial charge in [0.15, 0.2) is 0 Å². The lowest BCUT2D eigenvalue weighted by Gasteiger charge is -2.25. The van der Waals surface area contributed by atoms with Gasteiger partial charge in [-0.05, 0) is 48.5 Å². The third-order valence-corrected chi connectivity index (χ3v) is 5.92. The highest BCUT2D eigenvalue weighted by atomic mass is 32.2. The molecule has 3 aromatic rings. The Balaban J connectivity index is 1.79. The minimum atomic E-state index is 0.167. The van der Waals surface area contributed by atoms with Gasteiger partial charge in [-0.2, -0.15) is 0 Å². The van der Waals surface area contributed by atoms with Crippen molar-refractivity contribution in [1.29, 1.82) is 0 Å². The molecule has 2 nitrogen and oxygen atoms in total.